The molecule has 1 fully saturated rings. The molecular formula is C18H23N3O3. The standard InChI is InChI=1S/C18H23N3O3/c1-12-7-9-18(24,10-8-12)11-21-17(23)14-6-4-3-5-13(14)15(20-21)16(22)19-2/h3-6,12,24H,7-11H2,1-2H3,(H,19,22). The molecule has 1 aromatic heterocycles. The molecular weight excluding hydrogens is 306 g/mol. The molecule has 24 heavy (non-hydrogen) atoms. The zero-order valence-electron chi connectivity index (χ0n) is 14.1. The van der Waals surface area contributed by atoms with Crippen molar-refractivity contribution in [2.24, 2.45) is 5.92 Å². The van der Waals surface area contributed by atoms with Crippen LogP contribution in [0.3, 0.4) is 0 Å². The molecule has 1 aliphatic rings. The smallest absolute Gasteiger partial charge is 0.274 e. The Morgan fingerprint density at radius 3 is 2.58 bits per heavy atom. The number of nitrogens with one attached hydrogen (secondary N) is 1. The highest BCUT2D eigenvalue weighted by Crippen LogP contribution is 2.32. The number of carbonyl (C=O) groups is 1. The van der Waals surface area contributed by atoms with Crippen LogP contribution >= 0.6 is 0 Å². The van der Waals surface area contributed by atoms with Gasteiger partial charge in [0, 0.05) is 12.4 Å². The van der Waals surface area contributed by atoms with Crippen LogP contribution in [0.5, 0.6) is 0 Å². The fraction of sp³-hybridized carbons (Fsp3) is 0.500. The number of hydrogen-bond acceptors (Lipinski definition) is 4. The Labute approximate surface area is 140 Å². The van der Waals surface area contributed by atoms with Gasteiger partial charge in [-0.25, -0.2) is 4.68 Å². The number of hydrogen-bond donors (Lipinski definition) is 2. The van der Waals surface area contributed by atoms with Gasteiger partial charge < -0.3 is 10.4 Å². The van der Waals surface area contributed by atoms with Crippen LogP contribution in [-0.4, -0.2) is 33.4 Å². The monoisotopic (exact) mass is 329 g/mol. The van der Waals surface area contributed by atoms with E-state index in [1.807, 2.05) is 0 Å². The molecule has 0 radical (unpaired) electrons. The Hall–Kier alpha value is -2.21. The van der Waals surface area contributed by atoms with Gasteiger partial charge in [0.2, 0.25) is 0 Å². The largest absolute Gasteiger partial charge is 0.388 e. The predicted octanol–water partition coefficient (Wildman–Crippen LogP) is 1.70. The number of amides is 1. The normalized spacial score (nSPS) is 24.0. The van der Waals surface area contributed by atoms with Gasteiger partial charge in [0.1, 0.15) is 0 Å². The minimum absolute atomic E-state index is 0.118. The maximum atomic E-state index is 12.7. The summed E-state index contributed by atoms with van der Waals surface area (Å²) in [5.41, 5.74) is -1.00. The van der Waals surface area contributed by atoms with Crippen molar-refractivity contribution in [2.75, 3.05) is 7.05 Å². The summed E-state index contributed by atoms with van der Waals surface area (Å²) in [7, 11) is 1.53. The fourth-order valence-corrected chi connectivity index (χ4v) is 3.36. The molecule has 2 N–H and O–H groups in total. The molecule has 0 atom stereocenters. The summed E-state index contributed by atoms with van der Waals surface area (Å²) < 4.78 is 1.25. The number of aromatic nitrogens is 2. The van der Waals surface area contributed by atoms with Crippen LogP contribution in [0.25, 0.3) is 10.8 Å². The van der Waals surface area contributed by atoms with E-state index in [2.05, 4.69) is 17.3 Å². The maximum absolute atomic E-state index is 12.7. The number of fused-ring (bicyclic) bond motifs is 1. The second kappa shape index (κ2) is 6.36. The lowest BCUT2D eigenvalue weighted by Gasteiger charge is -2.34. The van der Waals surface area contributed by atoms with Crippen molar-refractivity contribution in [3.8, 4) is 0 Å². The molecule has 1 saturated carbocycles. The van der Waals surface area contributed by atoms with Gasteiger partial charge in [-0.3, -0.25) is 9.59 Å². The van der Waals surface area contributed by atoms with Crippen LogP contribution in [0.1, 0.15) is 43.1 Å². The van der Waals surface area contributed by atoms with Crippen molar-refractivity contribution < 1.29 is 9.90 Å². The SMILES string of the molecule is CNC(=O)c1nn(CC2(O)CCC(C)CC2)c(=O)c2ccccc12. The molecule has 6 nitrogen and oxygen atoms in total. The van der Waals surface area contributed by atoms with Crippen LogP contribution in [0, 0.1) is 5.92 Å². The molecule has 2 aromatic rings. The van der Waals surface area contributed by atoms with E-state index in [-0.39, 0.29) is 23.7 Å². The number of nitrogens with zero attached hydrogens (tertiary/aromatic N) is 2. The van der Waals surface area contributed by atoms with Crippen molar-refractivity contribution in [2.45, 2.75) is 44.8 Å². The summed E-state index contributed by atoms with van der Waals surface area (Å²) in [6, 6.07) is 6.94. The number of aliphatic hydroxyl groups is 1. The molecule has 128 valence electrons. The summed E-state index contributed by atoms with van der Waals surface area (Å²) >= 11 is 0. The average Bonchev–Trinajstić information content (AvgIpc) is 2.60. The lowest BCUT2D eigenvalue weighted by atomic mass is 9.79. The lowest BCUT2D eigenvalue weighted by Crippen LogP contribution is -2.42. The molecule has 0 saturated heterocycles. The molecule has 0 spiro atoms. The van der Waals surface area contributed by atoms with Gasteiger partial charge in [-0.2, -0.15) is 5.10 Å². The molecule has 1 heterocycles. The summed E-state index contributed by atoms with van der Waals surface area (Å²) in [5.74, 6) is 0.247. The van der Waals surface area contributed by atoms with E-state index in [9.17, 15) is 14.7 Å². The van der Waals surface area contributed by atoms with Crippen LogP contribution in [-0.2, 0) is 6.54 Å². The summed E-state index contributed by atoms with van der Waals surface area (Å²) in [4.78, 5) is 24.9. The quantitative estimate of drug-likeness (QED) is 0.897. The first-order chi connectivity index (χ1) is 11.4. The molecule has 0 bridgehead atoms. The summed E-state index contributed by atoms with van der Waals surface area (Å²) in [6.45, 7) is 2.29. The van der Waals surface area contributed by atoms with E-state index in [4.69, 9.17) is 0 Å². The Kier molecular flexibility index (Phi) is 4.41. The second-order valence-corrected chi connectivity index (χ2v) is 6.84. The predicted molar refractivity (Wildman–Crippen MR) is 92.0 cm³/mol. The number of rotatable bonds is 3. The molecule has 1 aliphatic carbocycles. The van der Waals surface area contributed by atoms with E-state index in [0.29, 0.717) is 29.5 Å². The highest BCUT2D eigenvalue weighted by Gasteiger charge is 2.33. The van der Waals surface area contributed by atoms with E-state index < -0.39 is 5.60 Å². The molecule has 1 aromatic carbocycles. The van der Waals surface area contributed by atoms with Crippen molar-refractivity contribution >= 4 is 16.7 Å². The Morgan fingerprint density at radius 1 is 1.33 bits per heavy atom. The average molecular weight is 329 g/mol. The zero-order chi connectivity index (χ0) is 17.3. The van der Waals surface area contributed by atoms with Gasteiger partial charge in [-0.05, 0) is 37.7 Å². The minimum atomic E-state index is -0.939. The van der Waals surface area contributed by atoms with E-state index in [0.717, 1.165) is 12.8 Å². The molecule has 1 amide bonds. The second-order valence-electron chi connectivity index (χ2n) is 6.84. The Bertz CT molecular complexity index is 820. The third kappa shape index (κ3) is 3.06. The van der Waals surface area contributed by atoms with Crippen molar-refractivity contribution in [3.63, 3.8) is 0 Å². The molecule has 6 heteroatoms. The van der Waals surface area contributed by atoms with Crippen molar-refractivity contribution in [1.82, 2.24) is 15.1 Å². The molecule has 0 unspecified atom stereocenters. The topological polar surface area (TPSA) is 84.2 Å². The van der Waals surface area contributed by atoms with Crippen LogP contribution < -0.4 is 10.9 Å². The first-order valence-electron chi connectivity index (χ1n) is 8.38. The van der Waals surface area contributed by atoms with Gasteiger partial charge in [0.05, 0.1) is 17.5 Å². The first-order valence-corrected chi connectivity index (χ1v) is 8.38. The van der Waals surface area contributed by atoms with Crippen LogP contribution in [0.4, 0.5) is 0 Å². The highest BCUT2D eigenvalue weighted by molar-refractivity contribution is 6.04. The minimum Gasteiger partial charge on any atom is -0.388 e. The highest BCUT2D eigenvalue weighted by atomic mass is 16.3. The number of carbonyl (C=O) groups excluding carboxylic acids is 1. The third-order valence-corrected chi connectivity index (χ3v) is 4.96. The van der Waals surface area contributed by atoms with Crippen LogP contribution in [0.2, 0.25) is 0 Å². The number of benzene rings is 1. The Balaban J connectivity index is 2.06. The van der Waals surface area contributed by atoms with Crippen molar-refractivity contribution in [3.05, 3.63) is 40.3 Å². The van der Waals surface area contributed by atoms with E-state index >= 15 is 0 Å². The first kappa shape index (κ1) is 16.6. The maximum Gasteiger partial charge on any atom is 0.274 e. The molecule has 0 aliphatic heterocycles. The van der Waals surface area contributed by atoms with Gasteiger partial charge in [0.15, 0.2) is 5.69 Å². The van der Waals surface area contributed by atoms with Gasteiger partial charge in [-0.1, -0.05) is 25.1 Å². The van der Waals surface area contributed by atoms with Gasteiger partial charge >= 0.3 is 0 Å². The zero-order valence-corrected chi connectivity index (χ0v) is 14.1. The Morgan fingerprint density at radius 2 is 1.96 bits per heavy atom. The third-order valence-electron chi connectivity index (χ3n) is 4.96. The fourth-order valence-electron chi connectivity index (χ4n) is 3.36. The van der Waals surface area contributed by atoms with E-state index in [1.165, 1.54) is 11.7 Å². The summed E-state index contributed by atoms with van der Waals surface area (Å²) in [5, 5.41) is 18.6. The van der Waals surface area contributed by atoms with E-state index in [1.54, 1.807) is 24.3 Å². The van der Waals surface area contributed by atoms with Crippen LogP contribution in [0.15, 0.2) is 29.1 Å². The van der Waals surface area contributed by atoms with Crippen molar-refractivity contribution in [1.29, 1.82) is 0 Å². The molecule has 3 rings (SSSR count). The lowest BCUT2D eigenvalue weighted by molar-refractivity contribution is -0.0254. The van der Waals surface area contributed by atoms with Gasteiger partial charge in [-0.15, -0.1) is 0 Å². The summed E-state index contributed by atoms with van der Waals surface area (Å²) in [6.07, 6.45) is 3.15. The van der Waals surface area contributed by atoms with Gasteiger partial charge in [0.25, 0.3) is 11.5 Å².